The van der Waals surface area contributed by atoms with Crippen LogP contribution in [0.3, 0.4) is 0 Å². The van der Waals surface area contributed by atoms with Gasteiger partial charge in [0.05, 0.1) is 30.0 Å². The number of nitro groups is 1. The molecule has 2 aliphatic rings. The Hall–Kier alpha value is -4.78. The molecule has 4 rings (SSSR count). The van der Waals surface area contributed by atoms with E-state index in [0.717, 1.165) is 7.11 Å². The molecule has 2 aliphatic heterocycles. The molecule has 1 fully saturated rings. The van der Waals surface area contributed by atoms with Gasteiger partial charge in [-0.1, -0.05) is 12.1 Å². The van der Waals surface area contributed by atoms with Gasteiger partial charge in [-0.15, -0.1) is 0 Å². The van der Waals surface area contributed by atoms with Crippen LogP contribution in [0.25, 0.3) is 0 Å². The Balaban J connectivity index is 1.33. The number of carbonyl (C=O) groups excluding carboxylic acids is 3. The van der Waals surface area contributed by atoms with Gasteiger partial charge >= 0.3 is 12.3 Å². The van der Waals surface area contributed by atoms with Crippen LogP contribution < -0.4 is 5.32 Å². The molecule has 0 aliphatic carbocycles. The SMILES string of the molecule is COC(=O)OC1=C(C)NC(C)=C(OC(=O)OCCCN2CCC(C(=O)c3ccc(F)cc3)CC2)C1c1cccc([N+](=O)[O-])c1. The van der Waals surface area contributed by atoms with Gasteiger partial charge in [-0.3, -0.25) is 14.9 Å². The minimum absolute atomic E-state index is 0.0196. The molecule has 12 nitrogen and oxygen atoms in total. The zero-order valence-electron chi connectivity index (χ0n) is 24.7. The highest BCUT2D eigenvalue weighted by molar-refractivity contribution is 5.97. The first-order valence-electron chi connectivity index (χ1n) is 14.1. The van der Waals surface area contributed by atoms with Crippen LogP contribution in [0.2, 0.25) is 0 Å². The van der Waals surface area contributed by atoms with Crippen molar-refractivity contribution in [1.29, 1.82) is 0 Å². The van der Waals surface area contributed by atoms with Crippen LogP contribution in [0.5, 0.6) is 0 Å². The summed E-state index contributed by atoms with van der Waals surface area (Å²) in [5.41, 5.74) is 1.51. The fourth-order valence-electron chi connectivity index (χ4n) is 5.31. The molecule has 1 N–H and O–H groups in total. The Kier molecular flexibility index (Phi) is 10.7. The van der Waals surface area contributed by atoms with Gasteiger partial charge in [0.15, 0.2) is 5.78 Å². The second-order valence-corrected chi connectivity index (χ2v) is 10.5. The molecule has 1 unspecified atom stereocenters. The number of benzene rings is 2. The fraction of sp³-hybridized carbons (Fsp3) is 0.387. The van der Waals surface area contributed by atoms with Crippen molar-refractivity contribution in [2.75, 3.05) is 33.4 Å². The number of hydrogen-bond acceptors (Lipinski definition) is 11. The van der Waals surface area contributed by atoms with Crippen LogP contribution in [-0.4, -0.2) is 61.3 Å². The quantitative estimate of drug-likeness (QED) is 0.114. The van der Waals surface area contributed by atoms with Gasteiger partial charge in [-0.05, 0) is 76.0 Å². The van der Waals surface area contributed by atoms with Crippen molar-refractivity contribution >= 4 is 23.8 Å². The van der Waals surface area contributed by atoms with E-state index >= 15 is 0 Å². The minimum atomic E-state index is -1.01. The zero-order valence-corrected chi connectivity index (χ0v) is 24.7. The number of nitrogens with zero attached hydrogens (tertiary/aromatic N) is 2. The molecule has 234 valence electrons. The number of rotatable bonds is 10. The lowest BCUT2D eigenvalue weighted by Crippen LogP contribution is -2.37. The summed E-state index contributed by atoms with van der Waals surface area (Å²) in [6.07, 6.45) is -0.117. The summed E-state index contributed by atoms with van der Waals surface area (Å²) in [6.45, 7) is 5.41. The van der Waals surface area contributed by atoms with Gasteiger partial charge in [0.1, 0.15) is 23.3 Å². The van der Waals surface area contributed by atoms with Crippen molar-refractivity contribution < 1.29 is 42.6 Å². The molecule has 1 atom stereocenters. The van der Waals surface area contributed by atoms with Crippen LogP contribution in [-0.2, 0) is 18.9 Å². The van der Waals surface area contributed by atoms with Crippen molar-refractivity contribution in [3.05, 3.63) is 98.5 Å². The number of likely N-dealkylation sites (tertiary alicyclic amines) is 1. The Morgan fingerprint density at radius 1 is 1.00 bits per heavy atom. The standard InChI is InChI=1S/C31H34FN3O9/c1-19-28(43-30(37)41-3)26(23-6-4-7-25(18-23)35(39)40)29(20(2)33-19)44-31(38)42-17-5-14-34-15-12-22(13-16-34)27(36)21-8-10-24(32)11-9-21/h4,6-11,18,22,26,33H,5,12-17H2,1-3H3. The largest absolute Gasteiger partial charge is 0.513 e. The number of methoxy groups -OCH3 is 1. The van der Waals surface area contributed by atoms with E-state index in [4.69, 9.17) is 14.2 Å². The first kappa shape index (κ1) is 32.1. The second kappa shape index (κ2) is 14.6. The second-order valence-electron chi connectivity index (χ2n) is 10.5. The van der Waals surface area contributed by atoms with Crippen molar-refractivity contribution in [3.63, 3.8) is 0 Å². The number of Topliss-reactive ketones (excluding diaryl/α,β-unsaturated/α-hetero) is 1. The van der Waals surface area contributed by atoms with E-state index in [9.17, 15) is 28.9 Å². The summed E-state index contributed by atoms with van der Waals surface area (Å²) >= 11 is 0. The monoisotopic (exact) mass is 611 g/mol. The lowest BCUT2D eigenvalue weighted by atomic mass is 9.89. The summed E-state index contributed by atoms with van der Waals surface area (Å²) in [5, 5.41) is 14.4. The van der Waals surface area contributed by atoms with Crippen molar-refractivity contribution in [2.24, 2.45) is 5.92 Å². The van der Waals surface area contributed by atoms with Gasteiger partial charge in [0.25, 0.3) is 5.69 Å². The molecule has 0 amide bonds. The maximum Gasteiger partial charge on any atom is 0.513 e. The third kappa shape index (κ3) is 7.98. The number of non-ortho nitro benzene ring substituents is 1. The Morgan fingerprint density at radius 3 is 2.25 bits per heavy atom. The number of ether oxygens (including phenoxy) is 4. The summed E-state index contributed by atoms with van der Waals surface area (Å²) in [6, 6.07) is 11.3. The Bertz CT molecular complexity index is 1460. The number of nitrogens with one attached hydrogen (secondary N) is 1. The number of halogens is 1. The number of allylic oxidation sites excluding steroid dienone is 2. The average Bonchev–Trinajstić information content (AvgIpc) is 3.02. The molecule has 0 bridgehead atoms. The molecule has 44 heavy (non-hydrogen) atoms. The van der Waals surface area contributed by atoms with E-state index in [0.29, 0.717) is 61.4 Å². The van der Waals surface area contributed by atoms with Gasteiger partial charge in [-0.25, -0.2) is 14.0 Å². The van der Waals surface area contributed by atoms with Gasteiger partial charge in [-0.2, -0.15) is 0 Å². The van der Waals surface area contributed by atoms with E-state index in [1.807, 2.05) is 0 Å². The van der Waals surface area contributed by atoms with E-state index < -0.39 is 23.2 Å². The zero-order chi connectivity index (χ0) is 31.8. The molecule has 2 aromatic rings. The Morgan fingerprint density at radius 2 is 1.64 bits per heavy atom. The summed E-state index contributed by atoms with van der Waals surface area (Å²) in [4.78, 5) is 50.6. The molecule has 13 heteroatoms. The topological polar surface area (TPSA) is 147 Å². The predicted molar refractivity (Wildman–Crippen MR) is 155 cm³/mol. The number of hydrogen-bond donors (Lipinski definition) is 1. The summed E-state index contributed by atoms with van der Waals surface area (Å²) < 4.78 is 34.1. The smallest absolute Gasteiger partial charge is 0.437 e. The lowest BCUT2D eigenvalue weighted by Gasteiger charge is -2.31. The average molecular weight is 612 g/mol. The number of nitro benzene ring substituents is 1. The third-order valence-corrected chi connectivity index (χ3v) is 7.53. The molecular weight excluding hydrogens is 577 g/mol. The highest BCUT2D eigenvalue weighted by atomic mass is 19.1. The first-order valence-corrected chi connectivity index (χ1v) is 14.1. The molecule has 2 heterocycles. The van der Waals surface area contributed by atoms with Gasteiger partial charge in [0, 0.05) is 30.2 Å². The summed E-state index contributed by atoms with van der Waals surface area (Å²) in [7, 11) is 1.14. The molecule has 0 aromatic heterocycles. The van der Waals surface area contributed by atoms with Crippen molar-refractivity contribution in [2.45, 2.75) is 39.0 Å². The molecule has 0 saturated carbocycles. The molecule has 2 aromatic carbocycles. The minimum Gasteiger partial charge on any atom is -0.437 e. The highest BCUT2D eigenvalue weighted by Gasteiger charge is 2.36. The van der Waals surface area contributed by atoms with E-state index in [1.54, 1.807) is 19.9 Å². The molecule has 0 spiro atoms. The molecule has 1 saturated heterocycles. The number of ketones is 1. The maximum atomic E-state index is 13.2. The van der Waals surface area contributed by atoms with E-state index in [1.165, 1.54) is 42.5 Å². The van der Waals surface area contributed by atoms with Gasteiger partial charge < -0.3 is 29.2 Å². The Labute approximate surface area is 253 Å². The van der Waals surface area contributed by atoms with E-state index in [2.05, 4.69) is 15.0 Å². The molecule has 0 radical (unpaired) electrons. The van der Waals surface area contributed by atoms with Crippen molar-refractivity contribution in [3.8, 4) is 0 Å². The van der Waals surface area contributed by atoms with Crippen molar-refractivity contribution in [1.82, 2.24) is 10.2 Å². The van der Waals surface area contributed by atoms with E-state index in [-0.39, 0.29) is 41.3 Å². The van der Waals surface area contributed by atoms with Crippen LogP contribution in [0.15, 0.2) is 71.4 Å². The highest BCUT2D eigenvalue weighted by Crippen LogP contribution is 2.40. The first-order chi connectivity index (χ1) is 21.1. The predicted octanol–water partition coefficient (Wildman–Crippen LogP) is 5.80. The number of dihydropyridines is 1. The van der Waals surface area contributed by atoms with Crippen LogP contribution in [0.1, 0.15) is 54.9 Å². The molecular formula is C31H34FN3O9. The normalized spacial score (nSPS) is 17.5. The summed E-state index contributed by atoms with van der Waals surface area (Å²) in [5.74, 6) is -1.36. The van der Waals surface area contributed by atoms with Crippen LogP contribution in [0.4, 0.5) is 19.7 Å². The third-order valence-electron chi connectivity index (χ3n) is 7.53. The van der Waals surface area contributed by atoms with Crippen LogP contribution in [0, 0.1) is 21.8 Å². The maximum absolute atomic E-state index is 13.2. The number of piperidine rings is 1. The number of carbonyl (C=O) groups is 3. The van der Waals surface area contributed by atoms with Crippen LogP contribution >= 0.6 is 0 Å². The lowest BCUT2D eigenvalue weighted by molar-refractivity contribution is -0.384. The fourth-order valence-corrected chi connectivity index (χ4v) is 5.31. The van der Waals surface area contributed by atoms with Gasteiger partial charge in [0.2, 0.25) is 0 Å².